The molecule has 0 aromatic rings. The first-order valence-corrected chi connectivity index (χ1v) is 7.50. The van der Waals surface area contributed by atoms with Crippen LogP contribution in [0, 0.1) is 17.3 Å². The van der Waals surface area contributed by atoms with Crippen LogP contribution in [0.25, 0.3) is 0 Å². The largest absolute Gasteiger partial charge is 0.353 e. The quantitative estimate of drug-likeness (QED) is 0.500. The molecule has 0 aromatic carbocycles. The van der Waals surface area contributed by atoms with Gasteiger partial charge in [-0.1, -0.05) is 25.5 Å². The van der Waals surface area contributed by atoms with Gasteiger partial charge < -0.3 is 9.47 Å². The summed E-state index contributed by atoms with van der Waals surface area (Å²) in [5, 5.41) is 0. The lowest BCUT2D eigenvalue weighted by atomic mass is 9.96. The van der Waals surface area contributed by atoms with Crippen molar-refractivity contribution in [3.8, 4) is 0 Å². The van der Waals surface area contributed by atoms with Crippen LogP contribution < -0.4 is 0 Å². The van der Waals surface area contributed by atoms with Crippen LogP contribution in [0.5, 0.6) is 0 Å². The molecule has 1 fully saturated rings. The Morgan fingerprint density at radius 3 is 2.44 bits per heavy atom. The molecule has 2 rings (SSSR count). The van der Waals surface area contributed by atoms with Gasteiger partial charge >= 0.3 is 0 Å². The number of hydrogen-bond donors (Lipinski definition) is 0. The molecule has 104 valence electrons. The second-order valence-corrected chi connectivity index (χ2v) is 6.22. The van der Waals surface area contributed by atoms with E-state index >= 15 is 0 Å². The normalized spacial score (nSPS) is 29.1. The van der Waals surface area contributed by atoms with Crippen molar-refractivity contribution in [3.63, 3.8) is 0 Å². The zero-order valence-corrected chi connectivity index (χ0v) is 12.4. The molecule has 0 bridgehead atoms. The van der Waals surface area contributed by atoms with Crippen molar-refractivity contribution in [2.45, 2.75) is 59.7 Å². The smallest absolute Gasteiger partial charge is 0.157 e. The number of rotatable bonds is 7. The molecule has 2 aliphatic rings. The van der Waals surface area contributed by atoms with Crippen LogP contribution >= 0.6 is 0 Å². The van der Waals surface area contributed by atoms with Crippen molar-refractivity contribution in [1.29, 1.82) is 0 Å². The van der Waals surface area contributed by atoms with E-state index in [1.165, 1.54) is 12.8 Å². The molecule has 0 aliphatic heterocycles. The highest BCUT2D eigenvalue weighted by molar-refractivity contribution is 5.20. The van der Waals surface area contributed by atoms with Crippen LogP contribution in [0.4, 0.5) is 0 Å². The van der Waals surface area contributed by atoms with Gasteiger partial charge in [0.15, 0.2) is 6.29 Å². The van der Waals surface area contributed by atoms with E-state index in [9.17, 15) is 0 Å². The van der Waals surface area contributed by atoms with Gasteiger partial charge in [0.05, 0.1) is 0 Å². The molecular weight excluding hydrogens is 224 g/mol. The summed E-state index contributed by atoms with van der Waals surface area (Å²) in [5.74, 6) is 1.89. The number of fused-ring (bicyclic) bond motifs is 1. The topological polar surface area (TPSA) is 18.5 Å². The minimum absolute atomic E-state index is 0.00848. The van der Waals surface area contributed by atoms with E-state index in [1.807, 2.05) is 13.8 Å². The second-order valence-electron chi connectivity index (χ2n) is 6.22. The average Bonchev–Trinajstić information content (AvgIpc) is 2.89. The van der Waals surface area contributed by atoms with E-state index in [0.29, 0.717) is 5.41 Å². The third kappa shape index (κ3) is 2.97. The number of ether oxygens (including phenoxy) is 2. The standard InChI is InChI=1S/C16H28O2/c1-5-17-15(18-6-2)10-8-12-7-9-13-14(11-12)16(13,3)4/h7,13-15H,5-6,8-11H2,1-4H3/t13-,14+/m1/s1. The first-order chi connectivity index (χ1) is 8.59. The van der Waals surface area contributed by atoms with Crippen LogP contribution in [0.1, 0.15) is 53.4 Å². The molecule has 2 aliphatic carbocycles. The lowest BCUT2D eigenvalue weighted by molar-refractivity contribution is -0.139. The van der Waals surface area contributed by atoms with Gasteiger partial charge in [-0.15, -0.1) is 0 Å². The fraction of sp³-hybridized carbons (Fsp3) is 0.875. The fourth-order valence-corrected chi connectivity index (χ4v) is 3.48. The SMILES string of the molecule is CCOC(CCC1=CC[C@@H]2[C@H](C1)C2(C)C)OCC. The molecular formula is C16H28O2. The zero-order valence-electron chi connectivity index (χ0n) is 12.4. The maximum Gasteiger partial charge on any atom is 0.157 e. The molecule has 0 unspecified atom stereocenters. The molecule has 2 heteroatoms. The van der Waals surface area contributed by atoms with E-state index in [2.05, 4.69) is 19.9 Å². The fourth-order valence-electron chi connectivity index (χ4n) is 3.48. The predicted molar refractivity (Wildman–Crippen MR) is 74.4 cm³/mol. The number of allylic oxidation sites excluding steroid dienone is 2. The molecule has 0 N–H and O–H groups in total. The summed E-state index contributed by atoms with van der Waals surface area (Å²) in [5.41, 5.74) is 2.23. The lowest BCUT2D eigenvalue weighted by Gasteiger charge is -2.19. The first kappa shape index (κ1) is 14.1. The van der Waals surface area contributed by atoms with Gasteiger partial charge in [0.25, 0.3) is 0 Å². The Morgan fingerprint density at radius 1 is 1.22 bits per heavy atom. The average molecular weight is 252 g/mol. The number of hydrogen-bond acceptors (Lipinski definition) is 2. The molecule has 1 saturated carbocycles. The predicted octanol–water partition coefficient (Wildman–Crippen LogP) is 4.16. The summed E-state index contributed by atoms with van der Waals surface area (Å²) in [6.45, 7) is 10.4. The molecule has 0 amide bonds. The molecule has 2 atom stereocenters. The maximum absolute atomic E-state index is 5.60. The van der Waals surface area contributed by atoms with Gasteiger partial charge in [-0.05, 0) is 50.4 Å². The molecule has 0 saturated heterocycles. The van der Waals surface area contributed by atoms with E-state index < -0.39 is 0 Å². The third-order valence-electron chi connectivity index (χ3n) is 4.84. The van der Waals surface area contributed by atoms with Gasteiger partial charge in [-0.3, -0.25) is 0 Å². The monoisotopic (exact) mass is 252 g/mol. The van der Waals surface area contributed by atoms with Crippen LogP contribution in [-0.2, 0) is 9.47 Å². The molecule has 0 spiro atoms. The minimum Gasteiger partial charge on any atom is -0.353 e. The minimum atomic E-state index is -0.00848. The molecule has 2 nitrogen and oxygen atoms in total. The van der Waals surface area contributed by atoms with Crippen molar-refractivity contribution in [3.05, 3.63) is 11.6 Å². The van der Waals surface area contributed by atoms with Crippen molar-refractivity contribution < 1.29 is 9.47 Å². The van der Waals surface area contributed by atoms with Gasteiger partial charge in [0.1, 0.15) is 0 Å². The Bertz CT molecular complexity index is 300. The van der Waals surface area contributed by atoms with Crippen LogP contribution in [0.3, 0.4) is 0 Å². The first-order valence-electron chi connectivity index (χ1n) is 7.50. The van der Waals surface area contributed by atoms with Crippen molar-refractivity contribution in [1.82, 2.24) is 0 Å². The van der Waals surface area contributed by atoms with Gasteiger partial charge in [0, 0.05) is 19.6 Å². The highest BCUT2D eigenvalue weighted by atomic mass is 16.7. The van der Waals surface area contributed by atoms with Crippen molar-refractivity contribution >= 4 is 0 Å². The van der Waals surface area contributed by atoms with Crippen LogP contribution in [-0.4, -0.2) is 19.5 Å². The molecule has 0 aromatic heterocycles. The summed E-state index contributed by atoms with van der Waals surface area (Å²) >= 11 is 0. The lowest BCUT2D eigenvalue weighted by Crippen LogP contribution is -2.17. The van der Waals surface area contributed by atoms with E-state index in [-0.39, 0.29) is 6.29 Å². The summed E-state index contributed by atoms with van der Waals surface area (Å²) in [4.78, 5) is 0. The Hall–Kier alpha value is -0.340. The Kier molecular flexibility index (Phi) is 4.50. The summed E-state index contributed by atoms with van der Waals surface area (Å²) in [6.07, 6.45) is 7.22. The van der Waals surface area contributed by atoms with Gasteiger partial charge in [0.2, 0.25) is 0 Å². The van der Waals surface area contributed by atoms with Gasteiger partial charge in [-0.2, -0.15) is 0 Å². The second kappa shape index (κ2) is 5.75. The van der Waals surface area contributed by atoms with Crippen LogP contribution in [0.15, 0.2) is 11.6 Å². The van der Waals surface area contributed by atoms with Crippen LogP contribution in [0.2, 0.25) is 0 Å². The maximum atomic E-state index is 5.60. The summed E-state index contributed by atoms with van der Waals surface area (Å²) in [6, 6.07) is 0. The summed E-state index contributed by atoms with van der Waals surface area (Å²) < 4.78 is 11.2. The molecule has 18 heavy (non-hydrogen) atoms. The Morgan fingerprint density at radius 2 is 1.89 bits per heavy atom. The van der Waals surface area contributed by atoms with Gasteiger partial charge in [-0.25, -0.2) is 0 Å². The van der Waals surface area contributed by atoms with E-state index in [0.717, 1.165) is 37.9 Å². The van der Waals surface area contributed by atoms with Crippen molar-refractivity contribution in [2.24, 2.45) is 17.3 Å². The third-order valence-corrected chi connectivity index (χ3v) is 4.84. The Balaban J connectivity index is 1.75. The zero-order chi connectivity index (χ0) is 13.2. The van der Waals surface area contributed by atoms with Crippen molar-refractivity contribution in [2.75, 3.05) is 13.2 Å². The molecule has 0 radical (unpaired) electrons. The highest BCUT2D eigenvalue weighted by Gasteiger charge is 2.57. The summed E-state index contributed by atoms with van der Waals surface area (Å²) in [7, 11) is 0. The Labute approximate surface area is 112 Å². The van der Waals surface area contributed by atoms with E-state index in [1.54, 1.807) is 5.57 Å². The highest BCUT2D eigenvalue weighted by Crippen LogP contribution is 2.64. The molecule has 0 heterocycles. The van der Waals surface area contributed by atoms with E-state index in [4.69, 9.17) is 9.47 Å².